The van der Waals surface area contributed by atoms with Gasteiger partial charge in [-0.1, -0.05) is 12.8 Å². The summed E-state index contributed by atoms with van der Waals surface area (Å²) in [6, 6.07) is 6.48. The SMILES string of the molecule is N#Cc1nc(N2CCCC3CCCCC32)ccc1N. The summed E-state index contributed by atoms with van der Waals surface area (Å²) < 4.78 is 0. The van der Waals surface area contributed by atoms with E-state index in [9.17, 15) is 0 Å². The molecule has 2 aliphatic rings. The second kappa shape index (κ2) is 5.08. The van der Waals surface area contributed by atoms with Crippen molar-refractivity contribution in [3.8, 4) is 6.07 Å². The lowest BCUT2D eigenvalue weighted by atomic mass is 9.78. The van der Waals surface area contributed by atoms with Crippen LogP contribution in [0, 0.1) is 17.2 Å². The third kappa shape index (κ3) is 2.25. The number of rotatable bonds is 1. The summed E-state index contributed by atoms with van der Waals surface area (Å²) in [5.74, 6) is 1.75. The topological polar surface area (TPSA) is 65.9 Å². The Morgan fingerprint density at radius 1 is 1.21 bits per heavy atom. The Balaban J connectivity index is 1.90. The first kappa shape index (κ1) is 12.3. The van der Waals surface area contributed by atoms with Crippen molar-refractivity contribution in [3.05, 3.63) is 17.8 Å². The molecule has 2 heterocycles. The van der Waals surface area contributed by atoms with Crippen LogP contribution in [-0.4, -0.2) is 17.6 Å². The number of anilines is 2. The zero-order chi connectivity index (χ0) is 13.2. The first-order valence-electron chi connectivity index (χ1n) is 7.23. The highest BCUT2D eigenvalue weighted by Crippen LogP contribution is 2.37. The molecule has 1 aliphatic heterocycles. The summed E-state index contributed by atoms with van der Waals surface area (Å²) in [5.41, 5.74) is 6.59. The van der Waals surface area contributed by atoms with E-state index in [1.54, 1.807) is 0 Å². The Kier molecular flexibility index (Phi) is 3.29. The number of hydrogen-bond donors (Lipinski definition) is 1. The number of hydrogen-bond acceptors (Lipinski definition) is 4. The average molecular weight is 256 g/mol. The van der Waals surface area contributed by atoms with Gasteiger partial charge in [-0.15, -0.1) is 0 Å². The molecule has 4 heteroatoms. The van der Waals surface area contributed by atoms with Crippen molar-refractivity contribution in [1.29, 1.82) is 5.26 Å². The smallest absolute Gasteiger partial charge is 0.165 e. The average Bonchev–Trinajstić information content (AvgIpc) is 2.47. The second-order valence-corrected chi connectivity index (χ2v) is 5.67. The molecular weight excluding hydrogens is 236 g/mol. The van der Waals surface area contributed by atoms with Crippen LogP contribution in [-0.2, 0) is 0 Å². The fraction of sp³-hybridized carbons (Fsp3) is 0.600. The number of fused-ring (bicyclic) bond motifs is 1. The molecule has 1 saturated heterocycles. The predicted octanol–water partition coefficient (Wildman–Crippen LogP) is 2.69. The van der Waals surface area contributed by atoms with E-state index in [1.807, 2.05) is 12.1 Å². The fourth-order valence-corrected chi connectivity index (χ4v) is 3.62. The molecule has 0 bridgehead atoms. The molecule has 1 aromatic rings. The van der Waals surface area contributed by atoms with Gasteiger partial charge < -0.3 is 10.6 Å². The van der Waals surface area contributed by atoms with Crippen molar-refractivity contribution >= 4 is 11.5 Å². The molecule has 4 nitrogen and oxygen atoms in total. The minimum Gasteiger partial charge on any atom is -0.396 e. The summed E-state index contributed by atoms with van der Waals surface area (Å²) >= 11 is 0. The lowest BCUT2D eigenvalue weighted by Crippen LogP contribution is -2.47. The lowest BCUT2D eigenvalue weighted by Gasteiger charge is -2.44. The van der Waals surface area contributed by atoms with E-state index < -0.39 is 0 Å². The molecule has 2 atom stereocenters. The van der Waals surface area contributed by atoms with Crippen molar-refractivity contribution in [2.75, 3.05) is 17.2 Å². The molecule has 0 amide bonds. The minimum absolute atomic E-state index is 0.357. The first-order valence-corrected chi connectivity index (χ1v) is 7.23. The van der Waals surface area contributed by atoms with Crippen molar-refractivity contribution < 1.29 is 0 Å². The third-order valence-corrected chi connectivity index (χ3v) is 4.56. The summed E-state index contributed by atoms with van der Waals surface area (Å²) in [6.45, 7) is 1.06. The Morgan fingerprint density at radius 2 is 2.00 bits per heavy atom. The molecule has 0 spiro atoms. The van der Waals surface area contributed by atoms with Crippen molar-refractivity contribution in [2.24, 2.45) is 5.92 Å². The van der Waals surface area contributed by atoms with E-state index >= 15 is 0 Å². The molecule has 19 heavy (non-hydrogen) atoms. The number of nitrogens with zero attached hydrogens (tertiary/aromatic N) is 3. The molecule has 3 rings (SSSR count). The standard InChI is InChI=1S/C15H20N4/c16-10-13-12(17)7-8-15(18-13)19-9-3-5-11-4-1-2-6-14(11)19/h7-8,11,14H,1-6,9,17H2. The van der Waals surface area contributed by atoms with E-state index in [2.05, 4.69) is 16.0 Å². The maximum Gasteiger partial charge on any atom is 0.165 e. The highest BCUT2D eigenvalue weighted by atomic mass is 15.2. The van der Waals surface area contributed by atoms with E-state index in [0.717, 1.165) is 18.3 Å². The number of aromatic nitrogens is 1. The van der Waals surface area contributed by atoms with Crippen LogP contribution in [0.3, 0.4) is 0 Å². The second-order valence-electron chi connectivity index (χ2n) is 5.67. The highest BCUT2D eigenvalue weighted by molar-refractivity contribution is 5.56. The van der Waals surface area contributed by atoms with Gasteiger partial charge in [0.15, 0.2) is 5.69 Å². The molecule has 2 unspecified atom stereocenters. The van der Waals surface area contributed by atoms with Gasteiger partial charge in [-0.3, -0.25) is 0 Å². The molecule has 100 valence electrons. The van der Waals surface area contributed by atoms with Crippen LogP contribution in [0.1, 0.15) is 44.2 Å². The van der Waals surface area contributed by atoms with Crippen molar-refractivity contribution in [1.82, 2.24) is 4.98 Å². The first-order chi connectivity index (χ1) is 9.29. The van der Waals surface area contributed by atoms with Gasteiger partial charge in [-0.25, -0.2) is 4.98 Å². The zero-order valence-corrected chi connectivity index (χ0v) is 11.2. The molecule has 0 radical (unpaired) electrons. The summed E-state index contributed by atoms with van der Waals surface area (Å²) in [6.07, 6.45) is 7.88. The Morgan fingerprint density at radius 3 is 2.84 bits per heavy atom. The van der Waals surface area contributed by atoms with Gasteiger partial charge in [0, 0.05) is 12.6 Å². The van der Waals surface area contributed by atoms with Gasteiger partial charge in [0.1, 0.15) is 11.9 Å². The summed E-state index contributed by atoms with van der Waals surface area (Å²) in [7, 11) is 0. The number of nitriles is 1. The molecule has 1 saturated carbocycles. The zero-order valence-electron chi connectivity index (χ0n) is 11.2. The van der Waals surface area contributed by atoms with Gasteiger partial charge in [0.2, 0.25) is 0 Å². The maximum absolute atomic E-state index is 9.06. The molecule has 1 aromatic heterocycles. The highest BCUT2D eigenvalue weighted by Gasteiger charge is 2.33. The molecular formula is C15H20N4. The Bertz CT molecular complexity index is 503. The van der Waals surface area contributed by atoms with E-state index in [1.165, 1.54) is 38.5 Å². The van der Waals surface area contributed by atoms with Crippen LogP contribution in [0.25, 0.3) is 0 Å². The van der Waals surface area contributed by atoms with Crippen LogP contribution in [0.5, 0.6) is 0 Å². The van der Waals surface area contributed by atoms with Crippen LogP contribution < -0.4 is 10.6 Å². The predicted molar refractivity (Wildman–Crippen MR) is 75.7 cm³/mol. The van der Waals surface area contributed by atoms with E-state index in [0.29, 0.717) is 17.4 Å². The minimum atomic E-state index is 0.357. The van der Waals surface area contributed by atoms with E-state index in [4.69, 9.17) is 11.0 Å². The van der Waals surface area contributed by atoms with Crippen LogP contribution >= 0.6 is 0 Å². The normalized spacial score (nSPS) is 26.6. The quantitative estimate of drug-likeness (QED) is 0.839. The Hall–Kier alpha value is -1.76. The summed E-state index contributed by atoms with van der Waals surface area (Å²) in [4.78, 5) is 6.86. The third-order valence-electron chi connectivity index (χ3n) is 4.56. The Labute approximate surface area is 114 Å². The van der Waals surface area contributed by atoms with Gasteiger partial charge >= 0.3 is 0 Å². The van der Waals surface area contributed by atoms with Gasteiger partial charge in [-0.05, 0) is 43.7 Å². The number of piperidine rings is 1. The number of nitrogens with two attached hydrogens (primary N) is 1. The van der Waals surface area contributed by atoms with Gasteiger partial charge in [0.25, 0.3) is 0 Å². The fourth-order valence-electron chi connectivity index (χ4n) is 3.62. The largest absolute Gasteiger partial charge is 0.396 e. The molecule has 2 fully saturated rings. The van der Waals surface area contributed by atoms with E-state index in [-0.39, 0.29) is 0 Å². The van der Waals surface area contributed by atoms with Crippen LogP contribution in [0.2, 0.25) is 0 Å². The van der Waals surface area contributed by atoms with Gasteiger partial charge in [0.05, 0.1) is 5.69 Å². The molecule has 0 aromatic carbocycles. The van der Waals surface area contributed by atoms with Crippen LogP contribution in [0.15, 0.2) is 12.1 Å². The van der Waals surface area contributed by atoms with Gasteiger partial charge in [-0.2, -0.15) is 5.26 Å². The maximum atomic E-state index is 9.06. The van der Waals surface area contributed by atoms with Crippen LogP contribution in [0.4, 0.5) is 11.5 Å². The molecule has 2 N–H and O–H groups in total. The number of nitrogen functional groups attached to an aromatic ring is 1. The van der Waals surface area contributed by atoms with Crippen molar-refractivity contribution in [2.45, 2.75) is 44.6 Å². The summed E-state index contributed by atoms with van der Waals surface area (Å²) in [5, 5.41) is 9.06. The monoisotopic (exact) mass is 256 g/mol. The number of pyridine rings is 1. The van der Waals surface area contributed by atoms with Crippen molar-refractivity contribution in [3.63, 3.8) is 0 Å². The molecule has 1 aliphatic carbocycles. The lowest BCUT2D eigenvalue weighted by molar-refractivity contribution is 0.243.